The molecule has 2 N–H and O–H groups in total. The summed E-state index contributed by atoms with van der Waals surface area (Å²) < 4.78 is 0. The number of aromatic carboxylic acids is 1. The number of carbonyl (C=O) groups is 1. The minimum atomic E-state index is -0.828. The number of likely N-dealkylation sites (N-methyl/N-ethyl adjacent to an activating group) is 1. The molecule has 1 aromatic heterocycles. The predicted molar refractivity (Wildman–Crippen MR) is 82.6 cm³/mol. The lowest BCUT2D eigenvalue weighted by Crippen LogP contribution is -2.35. The Balaban J connectivity index is 1.71. The second-order valence-corrected chi connectivity index (χ2v) is 6.85. The molecule has 0 bridgehead atoms. The number of nitrogens with zero attached hydrogens (tertiary/aromatic N) is 1. The third-order valence-electron chi connectivity index (χ3n) is 4.14. The molecule has 1 heterocycles. The molecular weight excluding hydrogens is 272 g/mol. The van der Waals surface area contributed by atoms with E-state index in [2.05, 4.69) is 17.3 Å². The Kier molecular flexibility index (Phi) is 5.57. The lowest BCUT2D eigenvalue weighted by Gasteiger charge is -2.23. The van der Waals surface area contributed by atoms with E-state index in [-0.39, 0.29) is 0 Å². The first kappa shape index (κ1) is 15.5. The zero-order valence-corrected chi connectivity index (χ0v) is 13.1. The molecular formula is C15H24N2O2S. The number of hydrogen-bond donors (Lipinski definition) is 2. The fourth-order valence-corrected chi connectivity index (χ4v) is 3.69. The monoisotopic (exact) mass is 296 g/mol. The van der Waals surface area contributed by atoms with Crippen molar-refractivity contribution < 1.29 is 9.90 Å². The predicted octanol–water partition coefficient (Wildman–Crippen LogP) is 2.72. The summed E-state index contributed by atoms with van der Waals surface area (Å²) in [4.78, 5) is 14.9. The molecule has 1 saturated carbocycles. The molecule has 0 aromatic carbocycles. The van der Waals surface area contributed by atoms with Crippen LogP contribution in [0.2, 0.25) is 0 Å². The molecule has 0 saturated heterocycles. The van der Waals surface area contributed by atoms with Crippen molar-refractivity contribution in [2.75, 3.05) is 20.1 Å². The van der Waals surface area contributed by atoms with E-state index in [0.29, 0.717) is 4.88 Å². The molecule has 4 nitrogen and oxygen atoms in total. The number of nitrogens with one attached hydrogen (secondary N) is 1. The van der Waals surface area contributed by atoms with Crippen molar-refractivity contribution in [3.05, 3.63) is 21.4 Å². The average Bonchev–Trinajstić information content (AvgIpc) is 3.04. The quantitative estimate of drug-likeness (QED) is 0.760. The maximum absolute atomic E-state index is 10.9. The fraction of sp³-hybridized carbons (Fsp3) is 0.667. The topological polar surface area (TPSA) is 52.6 Å². The van der Waals surface area contributed by atoms with Gasteiger partial charge >= 0.3 is 5.97 Å². The normalized spacial score (nSPS) is 16.1. The van der Waals surface area contributed by atoms with Crippen molar-refractivity contribution in [1.82, 2.24) is 10.2 Å². The highest BCUT2D eigenvalue weighted by Crippen LogP contribution is 2.22. The molecule has 1 aromatic rings. The van der Waals surface area contributed by atoms with Gasteiger partial charge in [0.2, 0.25) is 0 Å². The van der Waals surface area contributed by atoms with Gasteiger partial charge in [-0.05, 0) is 38.4 Å². The Bertz CT molecular complexity index is 453. The molecule has 5 heteroatoms. The van der Waals surface area contributed by atoms with Crippen LogP contribution in [0.5, 0.6) is 0 Å². The van der Waals surface area contributed by atoms with Crippen molar-refractivity contribution in [3.63, 3.8) is 0 Å². The number of carboxylic acid groups (broad SMARTS) is 1. The van der Waals surface area contributed by atoms with Gasteiger partial charge in [-0.2, -0.15) is 0 Å². The molecule has 0 amide bonds. The molecule has 1 aliphatic carbocycles. The summed E-state index contributed by atoms with van der Waals surface area (Å²) in [6.45, 7) is 4.75. The Hall–Kier alpha value is -0.910. The Morgan fingerprint density at radius 2 is 2.20 bits per heavy atom. The Morgan fingerprint density at radius 3 is 2.80 bits per heavy atom. The molecule has 0 unspecified atom stereocenters. The highest BCUT2D eigenvalue weighted by Gasteiger charge is 2.18. The van der Waals surface area contributed by atoms with E-state index >= 15 is 0 Å². The van der Waals surface area contributed by atoms with Gasteiger partial charge in [0.05, 0.1) is 0 Å². The largest absolute Gasteiger partial charge is 0.477 e. The first-order chi connectivity index (χ1) is 9.58. The van der Waals surface area contributed by atoms with E-state index in [1.54, 1.807) is 6.07 Å². The number of aryl methyl sites for hydroxylation is 1. The first-order valence-corrected chi connectivity index (χ1v) is 8.13. The Morgan fingerprint density at radius 1 is 1.50 bits per heavy atom. The number of thiophene rings is 1. The van der Waals surface area contributed by atoms with Crippen molar-refractivity contribution in [2.24, 2.45) is 0 Å². The fourth-order valence-electron chi connectivity index (χ4n) is 2.81. The van der Waals surface area contributed by atoms with Crippen LogP contribution >= 0.6 is 11.3 Å². The molecule has 1 fully saturated rings. The number of hydrogen-bond acceptors (Lipinski definition) is 4. The summed E-state index contributed by atoms with van der Waals surface area (Å²) in [6, 6.07) is 2.55. The van der Waals surface area contributed by atoms with Gasteiger partial charge in [0, 0.05) is 30.6 Å². The van der Waals surface area contributed by atoms with Crippen LogP contribution in [0.25, 0.3) is 0 Å². The zero-order chi connectivity index (χ0) is 14.5. The molecule has 0 atom stereocenters. The van der Waals surface area contributed by atoms with Crippen molar-refractivity contribution in [1.29, 1.82) is 0 Å². The van der Waals surface area contributed by atoms with E-state index < -0.39 is 5.97 Å². The van der Waals surface area contributed by atoms with E-state index in [4.69, 9.17) is 5.11 Å². The average molecular weight is 296 g/mol. The first-order valence-electron chi connectivity index (χ1n) is 7.31. The molecule has 20 heavy (non-hydrogen) atoms. The third kappa shape index (κ3) is 4.04. The highest BCUT2D eigenvalue weighted by molar-refractivity contribution is 7.14. The SMILES string of the molecule is Cc1sc(C(=O)O)cc1CNCCN(C)C1CCCC1. The lowest BCUT2D eigenvalue weighted by molar-refractivity contribution is 0.0702. The van der Waals surface area contributed by atoms with Crippen molar-refractivity contribution >= 4 is 17.3 Å². The van der Waals surface area contributed by atoms with Crippen LogP contribution in [0.15, 0.2) is 6.07 Å². The van der Waals surface area contributed by atoms with Crippen LogP contribution in [-0.2, 0) is 6.54 Å². The molecule has 2 rings (SSSR count). The van der Waals surface area contributed by atoms with E-state index in [0.717, 1.165) is 36.1 Å². The minimum absolute atomic E-state index is 0.433. The smallest absolute Gasteiger partial charge is 0.345 e. The van der Waals surface area contributed by atoms with E-state index in [9.17, 15) is 4.79 Å². The standard InChI is InChI=1S/C15H24N2O2S/c1-11-12(9-14(20-11)15(18)19)10-16-7-8-17(2)13-5-3-4-6-13/h9,13,16H,3-8,10H2,1-2H3,(H,18,19). The van der Waals surface area contributed by atoms with Gasteiger partial charge in [0.15, 0.2) is 0 Å². The second-order valence-electron chi connectivity index (χ2n) is 5.59. The minimum Gasteiger partial charge on any atom is -0.477 e. The van der Waals surface area contributed by atoms with Crippen LogP contribution in [0, 0.1) is 6.92 Å². The molecule has 0 aliphatic heterocycles. The van der Waals surface area contributed by atoms with Gasteiger partial charge in [0.1, 0.15) is 4.88 Å². The van der Waals surface area contributed by atoms with Gasteiger partial charge < -0.3 is 15.3 Å². The maximum Gasteiger partial charge on any atom is 0.345 e. The summed E-state index contributed by atoms with van der Waals surface area (Å²) in [7, 11) is 2.20. The highest BCUT2D eigenvalue weighted by atomic mass is 32.1. The van der Waals surface area contributed by atoms with Crippen LogP contribution in [-0.4, -0.2) is 42.2 Å². The van der Waals surface area contributed by atoms with E-state index in [1.807, 2.05) is 6.92 Å². The van der Waals surface area contributed by atoms with Crippen LogP contribution in [0.4, 0.5) is 0 Å². The number of rotatable bonds is 7. The van der Waals surface area contributed by atoms with Crippen molar-refractivity contribution in [2.45, 2.75) is 45.2 Å². The summed E-state index contributed by atoms with van der Waals surface area (Å²) in [5, 5.41) is 12.4. The molecule has 0 spiro atoms. The Labute approximate surface area is 124 Å². The van der Waals surface area contributed by atoms with Crippen molar-refractivity contribution in [3.8, 4) is 0 Å². The van der Waals surface area contributed by atoms with Crippen LogP contribution in [0.3, 0.4) is 0 Å². The van der Waals surface area contributed by atoms with Gasteiger partial charge in [0.25, 0.3) is 0 Å². The maximum atomic E-state index is 10.9. The zero-order valence-electron chi connectivity index (χ0n) is 12.3. The molecule has 1 aliphatic rings. The van der Waals surface area contributed by atoms with Crippen LogP contribution < -0.4 is 5.32 Å². The molecule has 0 radical (unpaired) electrons. The summed E-state index contributed by atoms with van der Waals surface area (Å²) in [5.74, 6) is -0.828. The van der Waals surface area contributed by atoms with Gasteiger partial charge in [-0.15, -0.1) is 11.3 Å². The van der Waals surface area contributed by atoms with Gasteiger partial charge in [-0.3, -0.25) is 0 Å². The third-order valence-corrected chi connectivity index (χ3v) is 5.22. The second kappa shape index (κ2) is 7.20. The summed E-state index contributed by atoms with van der Waals surface area (Å²) in [6.07, 6.45) is 5.41. The van der Waals surface area contributed by atoms with Gasteiger partial charge in [-0.1, -0.05) is 12.8 Å². The summed E-state index contributed by atoms with van der Waals surface area (Å²) in [5.41, 5.74) is 1.11. The van der Waals surface area contributed by atoms with E-state index in [1.165, 1.54) is 37.0 Å². The summed E-state index contributed by atoms with van der Waals surface area (Å²) >= 11 is 1.36. The van der Waals surface area contributed by atoms with Gasteiger partial charge in [-0.25, -0.2) is 4.79 Å². The molecule has 112 valence electrons. The lowest BCUT2D eigenvalue weighted by atomic mass is 10.2. The number of carboxylic acids is 1. The van der Waals surface area contributed by atoms with Crippen LogP contribution in [0.1, 0.15) is 45.8 Å².